The van der Waals surface area contributed by atoms with E-state index in [0.717, 1.165) is 19.4 Å². The van der Waals surface area contributed by atoms with Crippen LogP contribution in [0.5, 0.6) is 0 Å². The zero-order valence-corrected chi connectivity index (χ0v) is 15.3. The molecule has 1 aromatic carbocycles. The number of esters is 2. The first-order valence-electron chi connectivity index (χ1n) is 8.22. The van der Waals surface area contributed by atoms with Crippen LogP contribution in [0, 0.1) is 0 Å². The fourth-order valence-electron chi connectivity index (χ4n) is 2.23. The molecule has 0 aliphatic rings. The van der Waals surface area contributed by atoms with Crippen molar-refractivity contribution in [3.8, 4) is 0 Å². The second kappa shape index (κ2) is 10.5. The van der Waals surface area contributed by atoms with Gasteiger partial charge in [0.05, 0.1) is 31.0 Å². The standard InChI is InChI=1S/C18H26N2O5/c1-5-6-10-20(2)11-9-16(21)19-15-12-13(17(22)24-3)7-8-14(15)18(23)25-4/h7-8,12H,5-6,9-11H2,1-4H3,(H,19,21). The maximum Gasteiger partial charge on any atom is 0.339 e. The predicted octanol–water partition coefficient (Wildman–Crippen LogP) is 2.32. The van der Waals surface area contributed by atoms with Crippen LogP contribution in [0.25, 0.3) is 0 Å². The van der Waals surface area contributed by atoms with E-state index in [2.05, 4.69) is 21.9 Å². The van der Waals surface area contributed by atoms with Crippen LogP contribution in [-0.4, -0.2) is 57.1 Å². The molecule has 1 rings (SSSR count). The van der Waals surface area contributed by atoms with Crippen molar-refractivity contribution in [3.05, 3.63) is 29.3 Å². The molecule has 0 spiro atoms. The minimum absolute atomic E-state index is 0.183. The molecular formula is C18H26N2O5. The number of nitrogens with zero attached hydrogens (tertiary/aromatic N) is 1. The monoisotopic (exact) mass is 350 g/mol. The number of hydrogen-bond acceptors (Lipinski definition) is 6. The highest BCUT2D eigenvalue weighted by Crippen LogP contribution is 2.20. The van der Waals surface area contributed by atoms with E-state index in [4.69, 9.17) is 4.74 Å². The zero-order chi connectivity index (χ0) is 18.8. The highest BCUT2D eigenvalue weighted by atomic mass is 16.5. The summed E-state index contributed by atoms with van der Waals surface area (Å²) < 4.78 is 9.38. The van der Waals surface area contributed by atoms with Crippen molar-refractivity contribution in [1.29, 1.82) is 0 Å². The molecule has 0 atom stereocenters. The van der Waals surface area contributed by atoms with Crippen LogP contribution >= 0.6 is 0 Å². The number of methoxy groups -OCH3 is 2. The molecule has 138 valence electrons. The summed E-state index contributed by atoms with van der Waals surface area (Å²) in [5.74, 6) is -1.38. The zero-order valence-electron chi connectivity index (χ0n) is 15.3. The van der Waals surface area contributed by atoms with Crippen LogP contribution < -0.4 is 5.32 Å². The van der Waals surface area contributed by atoms with Gasteiger partial charge in [-0.1, -0.05) is 13.3 Å². The van der Waals surface area contributed by atoms with Gasteiger partial charge in [0.1, 0.15) is 0 Å². The van der Waals surface area contributed by atoms with Crippen molar-refractivity contribution < 1.29 is 23.9 Å². The van der Waals surface area contributed by atoms with Gasteiger partial charge < -0.3 is 19.7 Å². The molecular weight excluding hydrogens is 324 g/mol. The lowest BCUT2D eigenvalue weighted by Crippen LogP contribution is -2.25. The number of carbonyl (C=O) groups excluding carboxylic acids is 3. The minimum Gasteiger partial charge on any atom is -0.465 e. The van der Waals surface area contributed by atoms with E-state index in [-0.39, 0.29) is 29.1 Å². The highest BCUT2D eigenvalue weighted by molar-refractivity contribution is 6.03. The summed E-state index contributed by atoms with van der Waals surface area (Å²) in [5, 5.41) is 2.68. The number of ether oxygens (including phenoxy) is 2. The summed E-state index contributed by atoms with van der Waals surface area (Å²) in [4.78, 5) is 37.8. The van der Waals surface area contributed by atoms with Gasteiger partial charge in [-0.3, -0.25) is 4.79 Å². The third-order valence-corrected chi connectivity index (χ3v) is 3.73. The maximum atomic E-state index is 12.2. The van der Waals surface area contributed by atoms with Crippen LogP contribution in [0.1, 0.15) is 46.9 Å². The summed E-state index contributed by atoms with van der Waals surface area (Å²) in [7, 11) is 4.48. The lowest BCUT2D eigenvalue weighted by molar-refractivity contribution is -0.116. The Balaban J connectivity index is 2.84. The van der Waals surface area contributed by atoms with E-state index in [0.29, 0.717) is 6.54 Å². The third-order valence-electron chi connectivity index (χ3n) is 3.73. The Morgan fingerprint density at radius 2 is 1.76 bits per heavy atom. The number of rotatable bonds is 9. The number of nitrogens with one attached hydrogen (secondary N) is 1. The molecule has 0 fully saturated rings. The molecule has 0 heterocycles. The Morgan fingerprint density at radius 3 is 2.36 bits per heavy atom. The normalized spacial score (nSPS) is 10.4. The molecule has 0 aliphatic heterocycles. The summed E-state index contributed by atoms with van der Waals surface area (Å²) in [6.45, 7) is 3.65. The number of anilines is 1. The van der Waals surface area contributed by atoms with Gasteiger partial charge >= 0.3 is 11.9 Å². The van der Waals surface area contributed by atoms with Crippen molar-refractivity contribution in [3.63, 3.8) is 0 Å². The van der Waals surface area contributed by atoms with E-state index in [1.165, 1.54) is 32.4 Å². The fourth-order valence-corrected chi connectivity index (χ4v) is 2.23. The lowest BCUT2D eigenvalue weighted by atomic mass is 10.1. The minimum atomic E-state index is -0.591. The molecule has 7 heteroatoms. The van der Waals surface area contributed by atoms with Crippen molar-refractivity contribution in [2.75, 3.05) is 39.7 Å². The van der Waals surface area contributed by atoms with Crippen molar-refractivity contribution in [1.82, 2.24) is 4.90 Å². The van der Waals surface area contributed by atoms with Crippen LogP contribution in [-0.2, 0) is 14.3 Å². The summed E-state index contributed by atoms with van der Waals surface area (Å²) >= 11 is 0. The van der Waals surface area contributed by atoms with E-state index in [9.17, 15) is 14.4 Å². The highest BCUT2D eigenvalue weighted by Gasteiger charge is 2.17. The van der Waals surface area contributed by atoms with Gasteiger partial charge in [-0.25, -0.2) is 9.59 Å². The van der Waals surface area contributed by atoms with E-state index >= 15 is 0 Å². The maximum absolute atomic E-state index is 12.2. The van der Waals surface area contributed by atoms with Crippen molar-refractivity contribution in [2.24, 2.45) is 0 Å². The second-order valence-corrected chi connectivity index (χ2v) is 5.70. The number of unbranched alkanes of at least 4 members (excludes halogenated alkanes) is 1. The average Bonchev–Trinajstić information content (AvgIpc) is 2.63. The second-order valence-electron chi connectivity index (χ2n) is 5.70. The van der Waals surface area contributed by atoms with Crippen LogP contribution in [0.15, 0.2) is 18.2 Å². The van der Waals surface area contributed by atoms with Gasteiger partial charge in [0.15, 0.2) is 0 Å². The molecule has 0 saturated heterocycles. The number of carbonyl (C=O) groups is 3. The molecule has 0 unspecified atom stereocenters. The van der Waals surface area contributed by atoms with Crippen LogP contribution in [0.4, 0.5) is 5.69 Å². The molecule has 1 aromatic rings. The lowest BCUT2D eigenvalue weighted by Gasteiger charge is -2.16. The van der Waals surface area contributed by atoms with Crippen LogP contribution in [0.2, 0.25) is 0 Å². The van der Waals surface area contributed by atoms with Crippen LogP contribution in [0.3, 0.4) is 0 Å². The van der Waals surface area contributed by atoms with Gasteiger partial charge in [0.2, 0.25) is 5.91 Å². The van der Waals surface area contributed by atoms with E-state index in [1.54, 1.807) is 0 Å². The topological polar surface area (TPSA) is 84.9 Å². The van der Waals surface area contributed by atoms with E-state index in [1.807, 2.05) is 7.05 Å². The molecule has 0 aliphatic carbocycles. The Kier molecular flexibility index (Phi) is 8.63. The largest absolute Gasteiger partial charge is 0.465 e. The molecule has 0 bridgehead atoms. The summed E-state index contributed by atoms with van der Waals surface area (Å²) in [6.07, 6.45) is 2.45. The first-order chi connectivity index (χ1) is 11.9. The Bertz CT molecular complexity index is 615. The third kappa shape index (κ3) is 6.54. The number of hydrogen-bond donors (Lipinski definition) is 1. The molecule has 25 heavy (non-hydrogen) atoms. The smallest absolute Gasteiger partial charge is 0.339 e. The molecule has 0 radical (unpaired) electrons. The predicted molar refractivity (Wildman–Crippen MR) is 94.8 cm³/mol. The quantitative estimate of drug-likeness (QED) is 0.688. The summed E-state index contributed by atoms with van der Waals surface area (Å²) in [5.41, 5.74) is 0.657. The Hall–Kier alpha value is -2.41. The molecule has 0 aromatic heterocycles. The van der Waals surface area contributed by atoms with Gasteiger partial charge in [0.25, 0.3) is 0 Å². The van der Waals surface area contributed by atoms with Gasteiger partial charge in [-0.05, 0) is 38.2 Å². The Labute approximate surface area is 148 Å². The van der Waals surface area contributed by atoms with Crippen molar-refractivity contribution in [2.45, 2.75) is 26.2 Å². The molecule has 0 saturated carbocycles. The van der Waals surface area contributed by atoms with Gasteiger partial charge in [-0.15, -0.1) is 0 Å². The van der Waals surface area contributed by atoms with E-state index < -0.39 is 11.9 Å². The van der Waals surface area contributed by atoms with Crippen molar-refractivity contribution >= 4 is 23.5 Å². The number of benzene rings is 1. The first kappa shape index (κ1) is 20.6. The Morgan fingerprint density at radius 1 is 1.08 bits per heavy atom. The summed E-state index contributed by atoms with van der Waals surface area (Å²) in [6, 6.07) is 4.30. The molecule has 1 N–H and O–H groups in total. The number of amides is 1. The average molecular weight is 350 g/mol. The van der Waals surface area contributed by atoms with Gasteiger partial charge in [-0.2, -0.15) is 0 Å². The first-order valence-corrected chi connectivity index (χ1v) is 8.22. The van der Waals surface area contributed by atoms with Gasteiger partial charge in [0, 0.05) is 13.0 Å². The fraction of sp³-hybridized carbons (Fsp3) is 0.500. The SMILES string of the molecule is CCCCN(C)CCC(=O)Nc1cc(C(=O)OC)ccc1C(=O)OC. The molecule has 1 amide bonds. The molecule has 7 nitrogen and oxygen atoms in total.